The van der Waals surface area contributed by atoms with Crippen molar-refractivity contribution in [2.24, 2.45) is 17.3 Å². The fourth-order valence-corrected chi connectivity index (χ4v) is 3.26. The lowest BCUT2D eigenvalue weighted by atomic mass is 9.80. The minimum atomic E-state index is -0.765. The first-order chi connectivity index (χ1) is 9.27. The second-order valence-corrected chi connectivity index (χ2v) is 7.28. The molecule has 0 aromatic heterocycles. The highest BCUT2D eigenvalue weighted by molar-refractivity contribution is 5.75. The molecule has 0 aliphatic carbocycles. The van der Waals surface area contributed by atoms with Crippen LogP contribution in [0.15, 0.2) is 0 Å². The van der Waals surface area contributed by atoms with Crippen molar-refractivity contribution in [2.45, 2.75) is 40.0 Å². The fourth-order valence-electron chi connectivity index (χ4n) is 3.26. The molecule has 0 aromatic rings. The Kier molecular flexibility index (Phi) is 4.25. The highest BCUT2D eigenvalue weighted by Gasteiger charge is 2.37. The Hall–Kier alpha value is -1.26. The minimum absolute atomic E-state index is 0.102. The Balaban J connectivity index is 1.86. The number of rotatable bonds is 2. The molecule has 2 heterocycles. The second kappa shape index (κ2) is 5.62. The number of nitrogens with zero attached hydrogens (tertiary/aromatic N) is 2. The number of carboxylic acids is 1. The van der Waals surface area contributed by atoms with Crippen LogP contribution >= 0.6 is 0 Å². The Morgan fingerprint density at radius 3 is 2.25 bits per heavy atom. The third-order valence-electron chi connectivity index (χ3n) is 4.70. The number of carboxylic acid groups (broad SMARTS) is 1. The third-order valence-corrected chi connectivity index (χ3v) is 4.70. The van der Waals surface area contributed by atoms with E-state index in [1.54, 1.807) is 0 Å². The van der Waals surface area contributed by atoms with Gasteiger partial charge in [-0.15, -0.1) is 0 Å². The number of carbonyl (C=O) groups is 2. The number of hydrogen-bond donors (Lipinski definition) is 1. The summed E-state index contributed by atoms with van der Waals surface area (Å²) in [5.74, 6) is -0.0837. The van der Waals surface area contributed by atoms with Gasteiger partial charge >= 0.3 is 12.0 Å². The van der Waals surface area contributed by atoms with Gasteiger partial charge in [-0.05, 0) is 30.1 Å². The zero-order valence-corrected chi connectivity index (χ0v) is 12.8. The third kappa shape index (κ3) is 3.44. The molecule has 2 atom stereocenters. The van der Waals surface area contributed by atoms with Gasteiger partial charge in [-0.3, -0.25) is 4.79 Å². The molecule has 1 N–H and O–H groups in total. The van der Waals surface area contributed by atoms with Gasteiger partial charge in [0, 0.05) is 32.6 Å². The smallest absolute Gasteiger partial charge is 0.320 e. The van der Waals surface area contributed by atoms with Crippen LogP contribution in [0.25, 0.3) is 0 Å². The first-order valence-electron chi connectivity index (χ1n) is 7.53. The molecule has 0 radical (unpaired) electrons. The predicted molar refractivity (Wildman–Crippen MR) is 76.5 cm³/mol. The molecular formula is C15H26N2O3. The van der Waals surface area contributed by atoms with Crippen LogP contribution < -0.4 is 0 Å². The largest absolute Gasteiger partial charge is 0.481 e. The van der Waals surface area contributed by atoms with Gasteiger partial charge in [0.15, 0.2) is 0 Å². The van der Waals surface area contributed by atoms with E-state index in [0.29, 0.717) is 19.0 Å². The van der Waals surface area contributed by atoms with Gasteiger partial charge in [0.1, 0.15) is 0 Å². The Labute approximate surface area is 120 Å². The van der Waals surface area contributed by atoms with Crippen LogP contribution in [-0.4, -0.2) is 53.1 Å². The van der Waals surface area contributed by atoms with Crippen LogP contribution in [0.5, 0.6) is 0 Å². The van der Waals surface area contributed by atoms with E-state index in [1.165, 1.54) is 0 Å². The first-order valence-corrected chi connectivity index (χ1v) is 7.53. The lowest BCUT2D eigenvalue weighted by molar-refractivity contribution is -0.138. The van der Waals surface area contributed by atoms with E-state index < -0.39 is 5.97 Å². The van der Waals surface area contributed by atoms with Crippen molar-refractivity contribution in [1.29, 1.82) is 0 Å². The number of carbonyl (C=O) groups excluding carboxylic acids is 1. The molecule has 0 spiro atoms. The average Bonchev–Trinajstić information content (AvgIpc) is 2.94. The number of hydrogen-bond acceptors (Lipinski definition) is 2. The summed E-state index contributed by atoms with van der Waals surface area (Å²) in [6.45, 7) is 9.65. The van der Waals surface area contributed by atoms with Crippen LogP contribution in [0, 0.1) is 17.3 Å². The van der Waals surface area contributed by atoms with E-state index in [1.807, 2.05) is 9.80 Å². The summed E-state index contributed by atoms with van der Waals surface area (Å²) in [6.07, 6.45) is 2.06. The molecule has 0 saturated carbocycles. The normalized spacial score (nSPS) is 27.1. The molecular weight excluding hydrogens is 256 g/mol. The van der Waals surface area contributed by atoms with Gasteiger partial charge < -0.3 is 14.9 Å². The van der Waals surface area contributed by atoms with Gasteiger partial charge in [-0.1, -0.05) is 20.8 Å². The number of likely N-dealkylation sites (tertiary alicyclic amines) is 2. The monoisotopic (exact) mass is 282 g/mol. The summed E-state index contributed by atoms with van der Waals surface area (Å²) in [7, 11) is 0. The van der Waals surface area contributed by atoms with Gasteiger partial charge in [-0.25, -0.2) is 4.79 Å². The predicted octanol–water partition coefficient (Wildman–Crippen LogP) is 2.27. The van der Waals surface area contributed by atoms with E-state index >= 15 is 0 Å². The molecule has 114 valence electrons. The number of urea groups is 1. The van der Waals surface area contributed by atoms with Crippen LogP contribution in [0.1, 0.15) is 40.0 Å². The van der Waals surface area contributed by atoms with Crippen LogP contribution in [0.4, 0.5) is 4.79 Å². The summed E-state index contributed by atoms with van der Waals surface area (Å²) in [4.78, 5) is 27.0. The Morgan fingerprint density at radius 2 is 1.70 bits per heavy atom. The maximum absolute atomic E-state index is 12.5. The molecule has 0 aromatic carbocycles. The minimum Gasteiger partial charge on any atom is -0.481 e. The lowest BCUT2D eigenvalue weighted by Gasteiger charge is -2.28. The first kappa shape index (κ1) is 15.1. The zero-order valence-electron chi connectivity index (χ0n) is 12.8. The van der Waals surface area contributed by atoms with Crippen molar-refractivity contribution < 1.29 is 14.7 Å². The SMILES string of the molecule is CC(C)(C)C1CCN(C(=O)N2CCC(CC(=O)O)C2)C1. The molecule has 0 bridgehead atoms. The zero-order chi connectivity index (χ0) is 14.9. The molecule has 20 heavy (non-hydrogen) atoms. The van der Waals surface area contributed by atoms with Crippen molar-refractivity contribution in [3.05, 3.63) is 0 Å². The number of aliphatic carboxylic acids is 1. The highest BCUT2D eigenvalue weighted by atomic mass is 16.4. The molecule has 2 aliphatic rings. The topological polar surface area (TPSA) is 60.9 Å². The lowest BCUT2D eigenvalue weighted by Crippen LogP contribution is -2.41. The van der Waals surface area contributed by atoms with Gasteiger partial charge in [-0.2, -0.15) is 0 Å². The van der Waals surface area contributed by atoms with Crippen molar-refractivity contribution in [3.8, 4) is 0 Å². The fraction of sp³-hybridized carbons (Fsp3) is 0.867. The molecule has 2 rings (SSSR count). The van der Waals surface area contributed by atoms with Gasteiger partial charge in [0.2, 0.25) is 0 Å². The van der Waals surface area contributed by atoms with Crippen LogP contribution in [0.2, 0.25) is 0 Å². The van der Waals surface area contributed by atoms with Crippen LogP contribution in [-0.2, 0) is 4.79 Å². The molecule has 2 unspecified atom stereocenters. The molecule has 2 saturated heterocycles. The number of amides is 2. The quantitative estimate of drug-likeness (QED) is 0.845. The summed E-state index contributed by atoms with van der Waals surface area (Å²) >= 11 is 0. The van der Waals surface area contributed by atoms with E-state index in [4.69, 9.17) is 5.11 Å². The van der Waals surface area contributed by atoms with Crippen LogP contribution in [0.3, 0.4) is 0 Å². The van der Waals surface area contributed by atoms with Crippen molar-refractivity contribution >= 4 is 12.0 Å². The maximum atomic E-state index is 12.5. The summed E-state index contributed by atoms with van der Waals surface area (Å²) in [5.41, 5.74) is 0.242. The van der Waals surface area contributed by atoms with Crippen molar-refractivity contribution in [2.75, 3.05) is 26.2 Å². The Morgan fingerprint density at radius 1 is 1.10 bits per heavy atom. The van der Waals surface area contributed by atoms with Crippen molar-refractivity contribution in [1.82, 2.24) is 9.80 Å². The van der Waals surface area contributed by atoms with Gasteiger partial charge in [0.25, 0.3) is 0 Å². The van der Waals surface area contributed by atoms with Gasteiger partial charge in [0.05, 0.1) is 0 Å². The molecule has 5 heteroatoms. The molecule has 2 aliphatic heterocycles. The summed E-state index contributed by atoms with van der Waals surface area (Å²) in [5, 5.41) is 8.82. The second-order valence-electron chi connectivity index (χ2n) is 7.28. The molecule has 2 fully saturated rings. The molecule has 5 nitrogen and oxygen atoms in total. The Bertz CT molecular complexity index is 389. The average molecular weight is 282 g/mol. The van der Waals surface area contributed by atoms with E-state index in [9.17, 15) is 9.59 Å². The summed E-state index contributed by atoms with van der Waals surface area (Å²) in [6, 6.07) is 0.102. The highest BCUT2D eigenvalue weighted by Crippen LogP contribution is 2.34. The van der Waals surface area contributed by atoms with E-state index in [0.717, 1.165) is 25.9 Å². The summed E-state index contributed by atoms with van der Waals surface area (Å²) < 4.78 is 0. The standard InChI is InChI=1S/C15H26N2O3/c1-15(2,3)12-5-7-17(10-12)14(20)16-6-4-11(9-16)8-13(18)19/h11-12H,4-10H2,1-3H3,(H,18,19). The van der Waals surface area contributed by atoms with E-state index in [-0.39, 0.29) is 23.8 Å². The van der Waals surface area contributed by atoms with Crippen molar-refractivity contribution in [3.63, 3.8) is 0 Å². The molecule has 2 amide bonds. The maximum Gasteiger partial charge on any atom is 0.320 e. The van der Waals surface area contributed by atoms with E-state index in [2.05, 4.69) is 20.8 Å².